The number of piperazine rings is 1. The van der Waals surface area contributed by atoms with E-state index in [0.29, 0.717) is 11.1 Å². The van der Waals surface area contributed by atoms with Crippen LogP contribution in [0.25, 0.3) is 6.08 Å². The van der Waals surface area contributed by atoms with Crippen molar-refractivity contribution < 1.29 is 14.0 Å². The van der Waals surface area contributed by atoms with Crippen molar-refractivity contribution in [1.29, 1.82) is 5.26 Å². The highest BCUT2D eigenvalue weighted by molar-refractivity contribution is 6.08. The zero-order valence-corrected chi connectivity index (χ0v) is 15.9. The van der Waals surface area contributed by atoms with Gasteiger partial charge in [0.1, 0.15) is 17.1 Å². The molecule has 3 rings (SSSR count). The summed E-state index contributed by atoms with van der Waals surface area (Å²) < 4.78 is 13.2. The predicted octanol–water partition coefficient (Wildman–Crippen LogP) is 2.97. The van der Waals surface area contributed by atoms with Crippen LogP contribution in [0, 0.1) is 17.1 Å². The molecule has 142 valence electrons. The predicted molar refractivity (Wildman–Crippen MR) is 103 cm³/mol. The van der Waals surface area contributed by atoms with Crippen molar-refractivity contribution in [2.45, 2.75) is 18.9 Å². The highest BCUT2D eigenvalue weighted by Crippen LogP contribution is 2.31. The molecule has 28 heavy (non-hydrogen) atoms. The van der Waals surface area contributed by atoms with Gasteiger partial charge < -0.3 is 9.80 Å². The van der Waals surface area contributed by atoms with Crippen LogP contribution >= 0.6 is 0 Å². The van der Waals surface area contributed by atoms with Crippen molar-refractivity contribution in [3.05, 3.63) is 76.7 Å². The van der Waals surface area contributed by atoms with Gasteiger partial charge in [-0.3, -0.25) is 9.59 Å². The molecule has 0 bridgehead atoms. The van der Waals surface area contributed by atoms with Crippen LogP contribution in [0.15, 0.2) is 54.2 Å². The summed E-state index contributed by atoms with van der Waals surface area (Å²) in [6.07, 6.45) is 1.83. The van der Waals surface area contributed by atoms with Crippen LogP contribution in [-0.4, -0.2) is 41.2 Å². The largest absolute Gasteiger partial charge is 0.326 e. The van der Waals surface area contributed by atoms with E-state index < -0.39 is 5.54 Å². The first kappa shape index (κ1) is 19.3. The van der Waals surface area contributed by atoms with E-state index in [-0.39, 0.29) is 29.7 Å². The van der Waals surface area contributed by atoms with Crippen molar-refractivity contribution in [2.24, 2.45) is 0 Å². The SMILES string of the molecule is CN1C(=O)C(C)(Cc2ccc(F)cc2)N(C)C(=O)C1=Cc1ccccc1C#N. The van der Waals surface area contributed by atoms with Crippen LogP contribution in [0.4, 0.5) is 4.39 Å². The highest BCUT2D eigenvalue weighted by atomic mass is 19.1. The van der Waals surface area contributed by atoms with Crippen LogP contribution in [0.2, 0.25) is 0 Å². The van der Waals surface area contributed by atoms with Gasteiger partial charge >= 0.3 is 0 Å². The van der Waals surface area contributed by atoms with Crippen LogP contribution < -0.4 is 0 Å². The lowest BCUT2D eigenvalue weighted by molar-refractivity contribution is -0.155. The molecule has 2 aromatic carbocycles. The lowest BCUT2D eigenvalue weighted by Gasteiger charge is -2.45. The van der Waals surface area contributed by atoms with E-state index in [4.69, 9.17) is 0 Å². The Kier molecular flexibility index (Phi) is 5.02. The van der Waals surface area contributed by atoms with Crippen LogP contribution in [-0.2, 0) is 16.0 Å². The van der Waals surface area contributed by atoms with Gasteiger partial charge in [-0.05, 0) is 42.3 Å². The zero-order chi connectivity index (χ0) is 20.5. The van der Waals surface area contributed by atoms with Gasteiger partial charge in [0.25, 0.3) is 11.8 Å². The number of carbonyl (C=O) groups excluding carboxylic acids is 2. The van der Waals surface area contributed by atoms with Gasteiger partial charge in [-0.2, -0.15) is 5.26 Å². The fourth-order valence-electron chi connectivity index (χ4n) is 3.38. The topological polar surface area (TPSA) is 64.4 Å². The standard InChI is InChI=1S/C22H20FN3O2/c1-22(13-15-8-10-18(23)11-9-15)21(28)25(2)19(20(27)26(22)3)12-16-6-4-5-7-17(16)14-24/h4-12H,13H2,1-3H3. The molecule has 1 atom stereocenters. The quantitative estimate of drug-likeness (QED) is 0.773. The molecule has 1 heterocycles. The van der Waals surface area contributed by atoms with Crippen LogP contribution in [0.3, 0.4) is 0 Å². The van der Waals surface area contributed by atoms with Gasteiger partial charge in [-0.25, -0.2) is 4.39 Å². The second-order valence-electron chi connectivity index (χ2n) is 7.03. The fourth-order valence-corrected chi connectivity index (χ4v) is 3.38. The van der Waals surface area contributed by atoms with Gasteiger partial charge in [0.2, 0.25) is 0 Å². The Morgan fingerprint density at radius 2 is 1.75 bits per heavy atom. The first-order valence-corrected chi connectivity index (χ1v) is 8.79. The van der Waals surface area contributed by atoms with E-state index in [1.807, 2.05) is 0 Å². The molecule has 5 nitrogen and oxygen atoms in total. The van der Waals surface area contributed by atoms with Gasteiger partial charge in [-0.15, -0.1) is 0 Å². The first-order chi connectivity index (χ1) is 13.3. The Morgan fingerprint density at radius 3 is 2.39 bits per heavy atom. The van der Waals surface area contributed by atoms with Crippen molar-refractivity contribution in [3.8, 4) is 6.07 Å². The van der Waals surface area contributed by atoms with E-state index in [1.165, 1.54) is 21.9 Å². The second-order valence-corrected chi connectivity index (χ2v) is 7.03. The molecule has 1 aliphatic heterocycles. The van der Waals surface area contributed by atoms with Gasteiger partial charge in [0.15, 0.2) is 0 Å². The average Bonchev–Trinajstić information content (AvgIpc) is 2.70. The summed E-state index contributed by atoms with van der Waals surface area (Å²) in [5.74, 6) is -0.925. The minimum Gasteiger partial charge on any atom is -0.326 e. The third-order valence-electron chi connectivity index (χ3n) is 5.23. The van der Waals surface area contributed by atoms with Crippen molar-refractivity contribution in [3.63, 3.8) is 0 Å². The van der Waals surface area contributed by atoms with Gasteiger partial charge in [-0.1, -0.05) is 30.3 Å². The number of amides is 2. The van der Waals surface area contributed by atoms with E-state index >= 15 is 0 Å². The average molecular weight is 377 g/mol. The number of nitriles is 1. The van der Waals surface area contributed by atoms with Gasteiger partial charge in [0, 0.05) is 20.5 Å². The summed E-state index contributed by atoms with van der Waals surface area (Å²) in [5, 5.41) is 9.27. The summed E-state index contributed by atoms with van der Waals surface area (Å²) in [5.41, 5.74) is 0.851. The number of carbonyl (C=O) groups is 2. The van der Waals surface area contributed by atoms with E-state index in [2.05, 4.69) is 6.07 Å². The maximum atomic E-state index is 13.2. The number of hydrogen-bond acceptors (Lipinski definition) is 3. The van der Waals surface area contributed by atoms with Crippen LogP contribution in [0.1, 0.15) is 23.6 Å². The Hall–Kier alpha value is -3.46. The monoisotopic (exact) mass is 377 g/mol. The number of benzene rings is 2. The Balaban J connectivity index is 1.98. The van der Waals surface area contributed by atoms with E-state index in [9.17, 15) is 19.2 Å². The zero-order valence-electron chi connectivity index (χ0n) is 15.9. The Bertz CT molecular complexity index is 1010. The number of nitrogens with zero attached hydrogens (tertiary/aromatic N) is 3. The van der Waals surface area contributed by atoms with Gasteiger partial charge in [0.05, 0.1) is 11.6 Å². The van der Waals surface area contributed by atoms with Crippen molar-refractivity contribution >= 4 is 17.9 Å². The summed E-state index contributed by atoms with van der Waals surface area (Å²) in [7, 11) is 3.14. The molecule has 0 radical (unpaired) electrons. The summed E-state index contributed by atoms with van der Waals surface area (Å²) >= 11 is 0. The number of rotatable bonds is 3. The molecule has 2 aromatic rings. The molecular formula is C22H20FN3O2. The van der Waals surface area contributed by atoms with Crippen LogP contribution in [0.5, 0.6) is 0 Å². The van der Waals surface area contributed by atoms with E-state index in [0.717, 1.165) is 5.56 Å². The highest BCUT2D eigenvalue weighted by Gasteiger charge is 2.48. The minimum atomic E-state index is -1.10. The number of halogens is 1. The molecule has 0 N–H and O–H groups in total. The number of likely N-dealkylation sites (N-methyl/N-ethyl adjacent to an activating group) is 2. The Labute approximate surface area is 163 Å². The fraction of sp³-hybridized carbons (Fsp3) is 0.227. The molecule has 1 aliphatic rings. The minimum absolute atomic E-state index is 0.201. The molecular weight excluding hydrogens is 357 g/mol. The summed E-state index contributed by atoms with van der Waals surface area (Å²) in [6, 6.07) is 14.9. The van der Waals surface area contributed by atoms with E-state index in [1.54, 1.807) is 63.5 Å². The summed E-state index contributed by atoms with van der Waals surface area (Å²) in [4.78, 5) is 29.0. The first-order valence-electron chi connectivity index (χ1n) is 8.79. The Morgan fingerprint density at radius 1 is 1.11 bits per heavy atom. The molecule has 6 heteroatoms. The molecule has 0 saturated carbocycles. The number of hydrogen-bond donors (Lipinski definition) is 0. The third kappa shape index (κ3) is 3.27. The molecule has 2 amide bonds. The third-order valence-corrected chi connectivity index (χ3v) is 5.23. The summed E-state index contributed by atoms with van der Waals surface area (Å²) in [6.45, 7) is 1.70. The molecule has 0 spiro atoms. The molecule has 0 aromatic heterocycles. The molecule has 0 aliphatic carbocycles. The maximum absolute atomic E-state index is 13.2. The molecule has 1 saturated heterocycles. The second kappa shape index (κ2) is 7.28. The lowest BCUT2D eigenvalue weighted by Crippen LogP contribution is -2.64. The lowest BCUT2D eigenvalue weighted by atomic mass is 9.87. The smallest absolute Gasteiger partial charge is 0.271 e. The van der Waals surface area contributed by atoms with Crippen molar-refractivity contribution in [2.75, 3.05) is 14.1 Å². The van der Waals surface area contributed by atoms with Crippen molar-refractivity contribution in [1.82, 2.24) is 9.80 Å². The normalized spacial score (nSPS) is 21.2. The molecule has 1 fully saturated rings. The maximum Gasteiger partial charge on any atom is 0.271 e. The molecule has 1 unspecified atom stereocenters.